The monoisotopic (exact) mass is 273 g/mol. The molecule has 1 aliphatic rings. The summed E-state index contributed by atoms with van der Waals surface area (Å²) in [5.41, 5.74) is 0.0759. The topological polar surface area (TPSA) is 29.1 Å². The number of alkyl halides is 1. The first-order valence-corrected chi connectivity index (χ1v) is 7.74. The second-order valence-corrected chi connectivity index (χ2v) is 7.24. The lowest BCUT2D eigenvalue weighted by atomic mass is 9.81. The van der Waals surface area contributed by atoms with E-state index in [1.807, 2.05) is 0 Å². The summed E-state index contributed by atoms with van der Waals surface area (Å²) in [7, 11) is 0. The molecule has 0 aromatic carbocycles. The molecule has 0 saturated heterocycles. The highest BCUT2D eigenvalue weighted by atomic mass is 35.5. The van der Waals surface area contributed by atoms with Crippen molar-refractivity contribution in [3.05, 3.63) is 0 Å². The van der Waals surface area contributed by atoms with E-state index in [-0.39, 0.29) is 23.3 Å². The molecule has 1 amide bonds. The quantitative estimate of drug-likeness (QED) is 0.772. The summed E-state index contributed by atoms with van der Waals surface area (Å²) in [5.74, 6) is 1.85. The molecule has 1 aliphatic carbocycles. The molecule has 0 aliphatic heterocycles. The maximum atomic E-state index is 12.3. The molecular weight excluding hydrogens is 246 g/mol. The summed E-state index contributed by atoms with van der Waals surface area (Å²) >= 11 is 5.84. The SMILES string of the molecule is CC1CCC(C(=O)NC(CCCl)C(C)(C)C)CC1. The Bertz CT molecular complexity index is 264. The van der Waals surface area contributed by atoms with Gasteiger partial charge in [-0.3, -0.25) is 4.79 Å². The maximum absolute atomic E-state index is 12.3. The van der Waals surface area contributed by atoms with Gasteiger partial charge in [-0.25, -0.2) is 0 Å². The van der Waals surface area contributed by atoms with E-state index in [9.17, 15) is 4.79 Å². The highest BCUT2D eigenvalue weighted by Crippen LogP contribution is 2.29. The van der Waals surface area contributed by atoms with Crippen molar-refractivity contribution in [3.63, 3.8) is 0 Å². The van der Waals surface area contributed by atoms with Gasteiger partial charge in [0.15, 0.2) is 0 Å². The fourth-order valence-corrected chi connectivity index (χ4v) is 2.86. The van der Waals surface area contributed by atoms with Crippen molar-refractivity contribution in [2.75, 3.05) is 5.88 Å². The van der Waals surface area contributed by atoms with Crippen LogP contribution < -0.4 is 5.32 Å². The molecule has 0 bridgehead atoms. The van der Waals surface area contributed by atoms with Gasteiger partial charge in [-0.2, -0.15) is 0 Å². The minimum Gasteiger partial charge on any atom is -0.353 e. The van der Waals surface area contributed by atoms with E-state index < -0.39 is 0 Å². The molecule has 1 saturated carbocycles. The van der Waals surface area contributed by atoms with Crippen molar-refractivity contribution in [3.8, 4) is 0 Å². The molecule has 0 spiro atoms. The fourth-order valence-electron chi connectivity index (χ4n) is 2.64. The van der Waals surface area contributed by atoms with Crippen molar-refractivity contribution in [1.29, 1.82) is 0 Å². The first kappa shape index (κ1) is 15.8. The van der Waals surface area contributed by atoms with Crippen LogP contribution in [-0.2, 0) is 4.79 Å². The van der Waals surface area contributed by atoms with E-state index in [1.165, 1.54) is 12.8 Å². The Balaban J connectivity index is 2.51. The van der Waals surface area contributed by atoms with Gasteiger partial charge in [0.05, 0.1) is 0 Å². The number of amides is 1. The number of carbonyl (C=O) groups is 1. The van der Waals surface area contributed by atoms with Gasteiger partial charge in [-0.1, -0.05) is 27.7 Å². The summed E-state index contributed by atoms with van der Waals surface area (Å²) in [6.45, 7) is 8.76. The highest BCUT2D eigenvalue weighted by Gasteiger charge is 2.30. The van der Waals surface area contributed by atoms with Gasteiger partial charge >= 0.3 is 0 Å². The summed E-state index contributed by atoms with van der Waals surface area (Å²) in [6, 6.07) is 0.182. The van der Waals surface area contributed by atoms with E-state index in [2.05, 4.69) is 33.0 Å². The van der Waals surface area contributed by atoms with Crippen LogP contribution in [0.5, 0.6) is 0 Å². The third kappa shape index (κ3) is 4.79. The van der Waals surface area contributed by atoms with Crippen LogP contribution in [-0.4, -0.2) is 17.8 Å². The lowest BCUT2D eigenvalue weighted by Gasteiger charge is -2.33. The van der Waals surface area contributed by atoms with Crippen LogP contribution >= 0.6 is 11.6 Å². The zero-order valence-corrected chi connectivity index (χ0v) is 13.0. The molecule has 0 aromatic rings. The van der Waals surface area contributed by atoms with Crippen molar-refractivity contribution in [2.24, 2.45) is 17.3 Å². The number of halogens is 1. The molecule has 0 radical (unpaired) electrons. The van der Waals surface area contributed by atoms with E-state index in [1.54, 1.807) is 0 Å². The van der Waals surface area contributed by atoms with Crippen LogP contribution in [0.4, 0.5) is 0 Å². The zero-order valence-electron chi connectivity index (χ0n) is 12.3. The predicted octanol–water partition coefficient (Wildman–Crippen LogP) is 3.97. The van der Waals surface area contributed by atoms with Crippen molar-refractivity contribution < 1.29 is 4.79 Å². The van der Waals surface area contributed by atoms with Gasteiger partial charge in [0.25, 0.3) is 0 Å². The van der Waals surface area contributed by atoms with Gasteiger partial charge in [0, 0.05) is 17.8 Å². The number of carbonyl (C=O) groups excluding carboxylic acids is 1. The normalized spacial score (nSPS) is 26.7. The minimum atomic E-state index is 0.0759. The van der Waals surface area contributed by atoms with E-state index >= 15 is 0 Å². The lowest BCUT2D eigenvalue weighted by Crippen LogP contribution is -2.46. The Kier molecular flexibility index (Phi) is 5.97. The van der Waals surface area contributed by atoms with Crippen molar-refractivity contribution in [2.45, 2.75) is 65.8 Å². The molecule has 0 heterocycles. The largest absolute Gasteiger partial charge is 0.353 e. The second-order valence-electron chi connectivity index (χ2n) is 6.86. The number of nitrogens with one attached hydrogen (secondary N) is 1. The Hall–Kier alpha value is -0.240. The minimum absolute atomic E-state index is 0.0759. The summed E-state index contributed by atoms with van der Waals surface area (Å²) in [6.07, 6.45) is 5.32. The number of hydrogen-bond donors (Lipinski definition) is 1. The first-order chi connectivity index (χ1) is 8.34. The number of hydrogen-bond acceptors (Lipinski definition) is 1. The van der Waals surface area contributed by atoms with Gasteiger partial charge in [0.1, 0.15) is 0 Å². The molecule has 3 heteroatoms. The smallest absolute Gasteiger partial charge is 0.223 e. The van der Waals surface area contributed by atoms with Gasteiger partial charge in [-0.05, 0) is 43.4 Å². The average molecular weight is 274 g/mol. The van der Waals surface area contributed by atoms with Crippen molar-refractivity contribution in [1.82, 2.24) is 5.32 Å². The van der Waals surface area contributed by atoms with Crippen LogP contribution in [0, 0.1) is 17.3 Å². The molecule has 1 fully saturated rings. The van der Waals surface area contributed by atoms with Crippen LogP contribution in [0.1, 0.15) is 59.8 Å². The second kappa shape index (κ2) is 6.79. The molecule has 1 atom stereocenters. The first-order valence-electron chi connectivity index (χ1n) is 7.21. The molecular formula is C15H28ClNO. The molecule has 0 aromatic heterocycles. The maximum Gasteiger partial charge on any atom is 0.223 e. The highest BCUT2D eigenvalue weighted by molar-refractivity contribution is 6.17. The Morgan fingerprint density at radius 1 is 1.28 bits per heavy atom. The molecule has 106 valence electrons. The summed E-state index contributed by atoms with van der Waals surface area (Å²) < 4.78 is 0. The Morgan fingerprint density at radius 2 is 1.83 bits per heavy atom. The van der Waals surface area contributed by atoms with E-state index in [0.717, 1.165) is 25.2 Å². The Labute approximate surface area is 117 Å². The van der Waals surface area contributed by atoms with Gasteiger partial charge < -0.3 is 5.32 Å². The van der Waals surface area contributed by atoms with Crippen LogP contribution in [0.2, 0.25) is 0 Å². The van der Waals surface area contributed by atoms with Crippen LogP contribution in [0.15, 0.2) is 0 Å². The van der Waals surface area contributed by atoms with Crippen LogP contribution in [0.25, 0.3) is 0 Å². The zero-order chi connectivity index (χ0) is 13.8. The molecule has 2 nitrogen and oxygen atoms in total. The average Bonchev–Trinajstić information content (AvgIpc) is 2.28. The van der Waals surface area contributed by atoms with E-state index in [0.29, 0.717) is 5.88 Å². The summed E-state index contributed by atoms with van der Waals surface area (Å²) in [4.78, 5) is 12.3. The summed E-state index contributed by atoms with van der Waals surface area (Å²) in [5, 5.41) is 3.22. The fraction of sp³-hybridized carbons (Fsp3) is 0.933. The van der Waals surface area contributed by atoms with Gasteiger partial charge in [0.2, 0.25) is 5.91 Å². The standard InChI is InChI=1S/C15H28ClNO/c1-11-5-7-12(8-6-11)14(18)17-13(9-10-16)15(2,3)4/h11-13H,5-10H2,1-4H3,(H,17,18). The molecule has 1 N–H and O–H groups in total. The number of rotatable bonds is 4. The third-order valence-corrected chi connectivity index (χ3v) is 4.36. The Morgan fingerprint density at radius 3 is 2.28 bits per heavy atom. The van der Waals surface area contributed by atoms with Gasteiger partial charge in [-0.15, -0.1) is 11.6 Å². The van der Waals surface area contributed by atoms with Crippen LogP contribution in [0.3, 0.4) is 0 Å². The molecule has 18 heavy (non-hydrogen) atoms. The molecule has 1 unspecified atom stereocenters. The predicted molar refractivity (Wildman–Crippen MR) is 77.8 cm³/mol. The third-order valence-electron chi connectivity index (χ3n) is 4.15. The molecule has 1 rings (SSSR count). The lowest BCUT2D eigenvalue weighted by molar-refractivity contribution is -0.127. The van der Waals surface area contributed by atoms with Crippen molar-refractivity contribution >= 4 is 17.5 Å². The van der Waals surface area contributed by atoms with E-state index in [4.69, 9.17) is 11.6 Å².